The number of aromatic nitrogens is 3. The second kappa shape index (κ2) is 5.88. The van der Waals surface area contributed by atoms with Gasteiger partial charge in [-0.1, -0.05) is 24.3 Å². The monoisotopic (exact) mass is 329 g/mol. The third kappa shape index (κ3) is 3.24. The van der Waals surface area contributed by atoms with Gasteiger partial charge in [0.25, 0.3) is 0 Å². The Morgan fingerprint density at radius 2 is 1.90 bits per heavy atom. The average Bonchev–Trinajstić information content (AvgIpc) is 2.88. The molecule has 0 N–H and O–H groups in total. The molecule has 4 nitrogen and oxygen atoms in total. The van der Waals surface area contributed by atoms with E-state index in [0.29, 0.717) is 12.4 Å². The summed E-state index contributed by atoms with van der Waals surface area (Å²) in [5, 5.41) is 4.21. The van der Waals surface area contributed by atoms with Gasteiger partial charge in [-0.25, -0.2) is 4.98 Å². The van der Waals surface area contributed by atoms with Gasteiger partial charge in [0.05, 0.1) is 17.2 Å². The van der Waals surface area contributed by atoms with E-state index in [-0.39, 0.29) is 0 Å². The van der Waals surface area contributed by atoms with Crippen molar-refractivity contribution in [3.8, 4) is 11.6 Å². The van der Waals surface area contributed by atoms with Crippen LogP contribution in [0.3, 0.4) is 0 Å². The maximum atomic E-state index is 5.65. The number of pyridine rings is 1. The van der Waals surface area contributed by atoms with Gasteiger partial charge in [-0.05, 0) is 33.6 Å². The van der Waals surface area contributed by atoms with Crippen molar-refractivity contribution in [2.45, 2.75) is 6.54 Å². The molecule has 0 saturated heterocycles. The number of benzene rings is 1. The van der Waals surface area contributed by atoms with Gasteiger partial charge in [-0.2, -0.15) is 5.10 Å². The molecule has 0 aliphatic rings. The van der Waals surface area contributed by atoms with Gasteiger partial charge in [0, 0.05) is 18.5 Å². The first-order valence-electron chi connectivity index (χ1n) is 6.15. The lowest BCUT2D eigenvalue weighted by Crippen LogP contribution is -2.00. The zero-order valence-corrected chi connectivity index (χ0v) is 12.2. The standard InChI is InChI=1S/C15H12BrN3O/c16-13-9-18-19(11-13)10-12-6-7-15(17-8-12)20-14-4-2-1-3-5-14/h1-9,11H,10H2. The van der Waals surface area contributed by atoms with Crippen LogP contribution in [0.4, 0.5) is 0 Å². The van der Waals surface area contributed by atoms with Gasteiger partial charge in [-0.15, -0.1) is 0 Å². The largest absolute Gasteiger partial charge is 0.439 e. The van der Waals surface area contributed by atoms with Crippen molar-refractivity contribution in [1.29, 1.82) is 0 Å². The second-order valence-electron chi connectivity index (χ2n) is 4.28. The van der Waals surface area contributed by atoms with Crippen LogP contribution in [0.2, 0.25) is 0 Å². The SMILES string of the molecule is Brc1cnn(Cc2ccc(Oc3ccccc3)nc2)c1. The smallest absolute Gasteiger partial charge is 0.219 e. The van der Waals surface area contributed by atoms with Crippen LogP contribution in [-0.4, -0.2) is 14.8 Å². The first kappa shape index (κ1) is 12.9. The van der Waals surface area contributed by atoms with E-state index >= 15 is 0 Å². The summed E-state index contributed by atoms with van der Waals surface area (Å²) in [5.41, 5.74) is 1.07. The van der Waals surface area contributed by atoms with Crippen molar-refractivity contribution in [3.63, 3.8) is 0 Å². The summed E-state index contributed by atoms with van der Waals surface area (Å²) < 4.78 is 8.46. The Morgan fingerprint density at radius 3 is 2.55 bits per heavy atom. The van der Waals surface area contributed by atoms with Gasteiger partial charge in [0.1, 0.15) is 5.75 Å². The quantitative estimate of drug-likeness (QED) is 0.729. The zero-order chi connectivity index (χ0) is 13.8. The van der Waals surface area contributed by atoms with Crippen molar-refractivity contribution in [2.75, 3.05) is 0 Å². The molecule has 2 heterocycles. The molecule has 0 unspecified atom stereocenters. The Balaban J connectivity index is 1.68. The first-order valence-corrected chi connectivity index (χ1v) is 6.95. The highest BCUT2D eigenvalue weighted by molar-refractivity contribution is 9.10. The third-order valence-electron chi connectivity index (χ3n) is 2.71. The molecule has 0 fully saturated rings. The number of halogens is 1. The van der Waals surface area contributed by atoms with Crippen molar-refractivity contribution in [1.82, 2.24) is 14.8 Å². The second-order valence-corrected chi connectivity index (χ2v) is 5.19. The van der Waals surface area contributed by atoms with Crippen molar-refractivity contribution in [2.24, 2.45) is 0 Å². The molecule has 0 bridgehead atoms. The van der Waals surface area contributed by atoms with Crippen LogP contribution in [0.1, 0.15) is 5.56 Å². The minimum atomic E-state index is 0.585. The number of para-hydroxylation sites is 1. The fraction of sp³-hybridized carbons (Fsp3) is 0.0667. The average molecular weight is 330 g/mol. The van der Waals surface area contributed by atoms with E-state index in [1.54, 1.807) is 12.4 Å². The van der Waals surface area contributed by atoms with Gasteiger partial charge in [0.15, 0.2) is 0 Å². The van der Waals surface area contributed by atoms with Crippen LogP contribution < -0.4 is 4.74 Å². The maximum absolute atomic E-state index is 5.65. The number of nitrogens with zero attached hydrogens (tertiary/aromatic N) is 3. The molecular formula is C15H12BrN3O. The molecular weight excluding hydrogens is 318 g/mol. The van der Waals surface area contributed by atoms with Crippen LogP contribution in [0.15, 0.2) is 65.5 Å². The summed E-state index contributed by atoms with van der Waals surface area (Å²) in [4.78, 5) is 4.30. The van der Waals surface area contributed by atoms with Crippen molar-refractivity contribution in [3.05, 3.63) is 71.1 Å². The van der Waals surface area contributed by atoms with Crippen molar-refractivity contribution >= 4 is 15.9 Å². The zero-order valence-electron chi connectivity index (χ0n) is 10.6. The Labute approximate surface area is 125 Å². The van der Waals surface area contributed by atoms with Crippen LogP contribution in [-0.2, 0) is 6.54 Å². The molecule has 0 aliphatic heterocycles. The van der Waals surface area contributed by atoms with E-state index in [1.807, 2.05) is 53.3 Å². The van der Waals surface area contributed by atoms with E-state index in [0.717, 1.165) is 15.8 Å². The summed E-state index contributed by atoms with van der Waals surface area (Å²) in [6, 6.07) is 13.5. The molecule has 0 saturated carbocycles. The molecule has 0 aliphatic carbocycles. The lowest BCUT2D eigenvalue weighted by atomic mass is 10.3. The normalized spacial score (nSPS) is 10.4. The highest BCUT2D eigenvalue weighted by Gasteiger charge is 2.01. The predicted octanol–water partition coefficient (Wildman–Crippen LogP) is 3.88. The highest BCUT2D eigenvalue weighted by Crippen LogP contribution is 2.18. The van der Waals surface area contributed by atoms with Gasteiger partial charge in [0.2, 0.25) is 5.88 Å². The molecule has 100 valence electrons. The van der Waals surface area contributed by atoms with Gasteiger partial charge < -0.3 is 4.74 Å². The molecule has 2 aromatic heterocycles. The molecule has 3 rings (SSSR count). The number of ether oxygens (including phenoxy) is 1. The van der Waals surface area contributed by atoms with Crippen LogP contribution in [0.25, 0.3) is 0 Å². The van der Waals surface area contributed by atoms with Crippen LogP contribution >= 0.6 is 15.9 Å². The molecule has 5 heteroatoms. The molecule has 3 aromatic rings. The summed E-state index contributed by atoms with van der Waals surface area (Å²) in [6.07, 6.45) is 5.49. The van der Waals surface area contributed by atoms with E-state index in [9.17, 15) is 0 Å². The molecule has 0 amide bonds. The Kier molecular flexibility index (Phi) is 3.78. The molecule has 20 heavy (non-hydrogen) atoms. The molecule has 1 aromatic carbocycles. The molecule has 0 atom stereocenters. The minimum Gasteiger partial charge on any atom is -0.439 e. The van der Waals surface area contributed by atoms with Gasteiger partial charge in [-0.3, -0.25) is 4.68 Å². The Morgan fingerprint density at radius 1 is 1.05 bits per heavy atom. The van der Waals surface area contributed by atoms with E-state index < -0.39 is 0 Å². The predicted molar refractivity (Wildman–Crippen MR) is 79.8 cm³/mol. The maximum Gasteiger partial charge on any atom is 0.219 e. The fourth-order valence-corrected chi connectivity index (χ4v) is 2.11. The first-order chi connectivity index (χ1) is 9.79. The summed E-state index contributed by atoms with van der Waals surface area (Å²) >= 11 is 3.38. The van der Waals surface area contributed by atoms with E-state index in [2.05, 4.69) is 26.0 Å². The third-order valence-corrected chi connectivity index (χ3v) is 3.12. The summed E-state index contributed by atoms with van der Waals surface area (Å²) in [6.45, 7) is 0.685. The van der Waals surface area contributed by atoms with E-state index in [1.165, 1.54) is 0 Å². The lowest BCUT2D eigenvalue weighted by molar-refractivity contribution is 0.462. The highest BCUT2D eigenvalue weighted by atomic mass is 79.9. The van der Waals surface area contributed by atoms with Gasteiger partial charge >= 0.3 is 0 Å². The lowest BCUT2D eigenvalue weighted by Gasteiger charge is -2.05. The topological polar surface area (TPSA) is 39.9 Å². The Hall–Kier alpha value is -2.14. The number of hydrogen-bond donors (Lipinski definition) is 0. The minimum absolute atomic E-state index is 0.585. The molecule has 0 spiro atoms. The van der Waals surface area contributed by atoms with Crippen LogP contribution in [0.5, 0.6) is 11.6 Å². The van der Waals surface area contributed by atoms with E-state index in [4.69, 9.17) is 4.74 Å². The van der Waals surface area contributed by atoms with Crippen LogP contribution in [0, 0.1) is 0 Å². The number of rotatable bonds is 4. The number of hydrogen-bond acceptors (Lipinski definition) is 3. The van der Waals surface area contributed by atoms with Crippen molar-refractivity contribution < 1.29 is 4.74 Å². The summed E-state index contributed by atoms with van der Waals surface area (Å²) in [7, 11) is 0. The summed E-state index contributed by atoms with van der Waals surface area (Å²) in [5.74, 6) is 1.37. The Bertz CT molecular complexity index is 680. The fourth-order valence-electron chi connectivity index (χ4n) is 1.79. The molecule has 0 radical (unpaired) electrons.